The molecule has 0 radical (unpaired) electrons. The molecule has 0 bridgehead atoms. The average molecular weight is 255 g/mol. The van der Waals surface area contributed by atoms with E-state index in [1.54, 1.807) is 0 Å². The number of carbonyl (C=O) groups is 2. The Bertz CT molecular complexity index is 325. The molecule has 2 aliphatic rings. The van der Waals surface area contributed by atoms with Crippen molar-refractivity contribution in [2.24, 2.45) is 5.92 Å². The van der Waals surface area contributed by atoms with Crippen molar-refractivity contribution in [1.29, 1.82) is 0 Å². The van der Waals surface area contributed by atoms with Gasteiger partial charge in [-0.15, -0.1) is 0 Å². The number of carboxylic acids is 1. The lowest BCUT2D eigenvalue weighted by atomic mass is 9.84. The van der Waals surface area contributed by atoms with Gasteiger partial charge in [0.15, 0.2) is 0 Å². The molecule has 0 aromatic carbocycles. The van der Waals surface area contributed by atoms with Crippen molar-refractivity contribution >= 4 is 11.9 Å². The molecule has 102 valence electrons. The third-order valence-corrected chi connectivity index (χ3v) is 4.08. The van der Waals surface area contributed by atoms with Gasteiger partial charge in [-0.1, -0.05) is 32.1 Å². The summed E-state index contributed by atoms with van der Waals surface area (Å²) in [5.74, 6) is -0.765. The predicted octanol–water partition coefficient (Wildman–Crippen LogP) is 1.00. The van der Waals surface area contributed by atoms with Crippen LogP contribution in [0.3, 0.4) is 0 Å². The fourth-order valence-electron chi connectivity index (χ4n) is 3.11. The minimum Gasteiger partial charge on any atom is -0.480 e. The first-order valence-corrected chi connectivity index (χ1v) is 6.78. The summed E-state index contributed by atoms with van der Waals surface area (Å²) in [7, 11) is 0. The molecule has 0 aromatic heterocycles. The van der Waals surface area contributed by atoms with E-state index in [9.17, 15) is 19.8 Å². The molecule has 0 spiro atoms. The fourth-order valence-corrected chi connectivity index (χ4v) is 3.11. The summed E-state index contributed by atoms with van der Waals surface area (Å²) < 4.78 is 0. The Labute approximate surface area is 107 Å². The van der Waals surface area contributed by atoms with Gasteiger partial charge in [-0.05, 0) is 12.3 Å². The molecular formula is C13H21NO4. The second-order valence-corrected chi connectivity index (χ2v) is 5.50. The van der Waals surface area contributed by atoms with Crippen LogP contribution < -0.4 is 0 Å². The lowest BCUT2D eigenvalue weighted by molar-refractivity contribution is -0.149. The molecule has 5 nitrogen and oxygen atoms in total. The third-order valence-electron chi connectivity index (χ3n) is 4.08. The molecule has 2 N–H and O–H groups in total. The molecule has 2 rings (SSSR count). The molecular weight excluding hydrogens is 234 g/mol. The quantitative estimate of drug-likeness (QED) is 0.785. The normalized spacial score (nSPS) is 27.5. The molecule has 2 fully saturated rings. The Hall–Kier alpha value is -1.10. The maximum atomic E-state index is 11.7. The highest BCUT2D eigenvalue weighted by Crippen LogP contribution is 2.30. The first kappa shape index (κ1) is 13.3. The van der Waals surface area contributed by atoms with Gasteiger partial charge in [0, 0.05) is 6.54 Å². The first-order valence-electron chi connectivity index (χ1n) is 6.78. The van der Waals surface area contributed by atoms with Gasteiger partial charge in [0.1, 0.15) is 6.04 Å². The number of carboxylic acid groups (broad SMARTS) is 1. The van der Waals surface area contributed by atoms with Gasteiger partial charge in [0.05, 0.1) is 12.5 Å². The van der Waals surface area contributed by atoms with Crippen molar-refractivity contribution in [3.05, 3.63) is 0 Å². The summed E-state index contributed by atoms with van der Waals surface area (Å²) in [6, 6.07) is -0.752. The zero-order valence-electron chi connectivity index (χ0n) is 10.5. The Morgan fingerprint density at radius 3 is 2.50 bits per heavy atom. The molecule has 1 saturated carbocycles. The zero-order chi connectivity index (χ0) is 13.1. The van der Waals surface area contributed by atoms with Crippen LogP contribution in [0.2, 0.25) is 0 Å². The smallest absolute Gasteiger partial charge is 0.326 e. The highest BCUT2D eigenvalue weighted by atomic mass is 16.4. The standard InChI is InChI=1S/C13H21NO4/c15-10-7-12(16)14(8-10)11(13(17)18)6-9-4-2-1-3-5-9/h9-11,15H,1-8H2,(H,17,18)/t10?,11-/m0/s1. The Morgan fingerprint density at radius 1 is 1.33 bits per heavy atom. The van der Waals surface area contributed by atoms with Crippen LogP contribution in [0.4, 0.5) is 0 Å². The fraction of sp³-hybridized carbons (Fsp3) is 0.846. The number of nitrogens with zero attached hydrogens (tertiary/aromatic N) is 1. The van der Waals surface area contributed by atoms with E-state index in [4.69, 9.17) is 0 Å². The van der Waals surface area contributed by atoms with Gasteiger partial charge in [0.25, 0.3) is 0 Å². The van der Waals surface area contributed by atoms with Crippen LogP contribution in [-0.4, -0.2) is 45.7 Å². The largest absolute Gasteiger partial charge is 0.480 e. The van der Waals surface area contributed by atoms with E-state index in [1.807, 2.05) is 0 Å². The van der Waals surface area contributed by atoms with E-state index < -0.39 is 18.1 Å². The van der Waals surface area contributed by atoms with Gasteiger partial charge < -0.3 is 15.1 Å². The average Bonchev–Trinajstić information content (AvgIpc) is 2.66. The highest BCUT2D eigenvalue weighted by Gasteiger charge is 2.38. The summed E-state index contributed by atoms with van der Waals surface area (Å²) in [5, 5.41) is 18.7. The molecule has 1 amide bonds. The highest BCUT2D eigenvalue weighted by molar-refractivity contribution is 5.85. The van der Waals surface area contributed by atoms with Crippen molar-refractivity contribution < 1.29 is 19.8 Å². The van der Waals surface area contributed by atoms with Gasteiger partial charge in [-0.25, -0.2) is 4.79 Å². The molecule has 1 unspecified atom stereocenters. The van der Waals surface area contributed by atoms with E-state index in [0.717, 1.165) is 25.7 Å². The number of aliphatic hydroxyl groups excluding tert-OH is 1. The Morgan fingerprint density at radius 2 is 2.00 bits per heavy atom. The van der Waals surface area contributed by atoms with E-state index >= 15 is 0 Å². The van der Waals surface area contributed by atoms with Crippen molar-refractivity contribution in [2.75, 3.05) is 6.54 Å². The third kappa shape index (κ3) is 3.02. The van der Waals surface area contributed by atoms with Crippen molar-refractivity contribution in [3.63, 3.8) is 0 Å². The minimum atomic E-state index is -0.942. The monoisotopic (exact) mass is 255 g/mol. The van der Waals surface area contributed by atoms with E-state index in [2.05, 4.69) is 0 Å². The van der Waals surface area contributed by atoms with Crippen LogP contribution in [0.1, 0.15) is 44.9 Å². The number of carbonyl (C=O) groups excluding carboxylic acids is 1. The summed E-state index contributed by atoms with van der Waals surface area (Å²) in [6.07, 6.45) is 5.58. The van der Waals surface area contributed by atoms with Crippen LogP contribution in [0.25, 0.3) is 0 Å². The van der Waals surface area contributed by atoms with Gasteiger partial charge in [-0.2, -0.15) is 0 Å². The number of hydrogen-bond donors (Lipinski definition) is 2. The summed E-state index contributed by atoms with van der Waals surface area (Å²) >= 11 is 0. The number of aliphatic hydroxyl groups is 1. The SMILES string of the molecule is O=C(O)[C@H](CC1CCCCC1)N1CC(O)CC1=O. The summed E-state index contributed by atoms with van der Waals surface area (Å²) in [6.45, 7) is 0.169. The zero-order valence-corrected chi connectivity index (χ0v) is 10.5. The number of aliphatic carboxylic acids is 1. The summed E-state index contributed by atoms with van der Waals surface area (Å²) in [5.41, 5.74) is 0. The number of rotatable bonds is 4. The van der Waals surface area contributed by atoms with Gasteiger partial charge >= 0.3 is 5.97 Å². The topological polar surface area (TPSA) is 77.8 Å². The van der Waals surface area contributed by atoms with E-state index in [1.165, 1.54) is 11.3 Å². The molecule has 18 heavy (non-hydrogen) atoms. The number of hydrogen-bond acceptors (Lipinski definition) is 3. The van der Waals surface area contributed by atoms with E-state index in [0.29, 0.717) is 12.3 Å². The van der Waals surface area contributed by atoms with Crippen LogP contribution in [0.5, 0.6) is 0 Å². The second-order valence-electron chi connectivity index (χ2n) is 5.50. The van der Waals surface area contributed by atoms with Crippen LogP contribution in [0.15, 0.2) is 0 Å². The van der Waals surface area contributed by atoms with E-state index in [-0.39, 0.29) is 18.9 Å². The molecule has 1 aliphatic carbocycles. The summed E-state index contributed by atoms with van der Waals surface area (Å²) in [4.78, 5) is 24.4. The lowest BCUT2D eigenvalue weighted by Crippen LogP contribution is -2.43. The Kier molecular flexibility index (Phi) is 4.22. The van der Waals surface area contributed by atoms with Crippen LogP contribution in [-0.2, 0) is 9.59 Å². The predicted molar refractivity (Wildman–Crippen MR) is 65.0 cm³/mol. The number of likely N-dealkylation sites (tertiary alicyclic amines) is 1. The molecule has 1 heterocycles. The molecule has 2 atom stereocenters. The Balaban J connectivity index is 1.99. The maximum Gasteiger partial charge on any atom is 0.326 e. The van der Waals surface area contributed by atoms with Crippen molar-refractivity contribution in [2.45, 2.75) is 57.1 Å². The van der Waals surface area contributed by atoms with Crippen molar-refractivity contribution in [1.82, 2.24) is 4.90 Å². The van der Waals surface area contributed by atoms with Crippen molar-refractivity contribution in [3.8, 4) is 0 Å². The maximum absolute atomic E-state index is 11.7. The van der Waals surface area contributed by atoms with Gasteiger partial charge in [0.2, 0.25) is 5.91 Å². The number of amides is 1. The molecule has 1 aliphatic heterocycles. The van der Waals surface area contributed by atoms with Crippen LogP contribution >= 0.6 is 0 Å². The molecule has 5 heteroatoms. The minimum absolute atomic E-state index is 0.0639. The second kappa shape index (κ2) is 5.69. The number of β-amino-alcohol motifs (C(OH)–C–C–N with tert-alkyl or cyclic N) is 1. The lowest BCUT2D eigenvalue weighted by Gasteiger charge is -2.29. The molecule has 0 aromatic rings. The molecule has 1 saturated heterocycles. The van der Waals surface area contributed by atoms with Gasteiger partial charge in [-0.3, -0.25) is 4.79 Å². The first-order chi connectivity index (χ1) is 8.58. The van der Waals surface area contributed by atoms with Crippen LogP contribution in [0, 0.1) is 5.92 Å².